The van der Waals surface area contributed by atoms with Crippen molar-refractivity contribution >= 4 is 11.6 Å². The molecule has 0 bridgehead atoms. The van der Waals surface area contributed by atoms with Gasteiger partial charge in [0.1, 0.15) is 12.1 Å². The summed E-state index contributed by atoms with van der Waals surface area (Å²) in [4.78, 5) is 7.82. The van der Waals surface area contributed by atoms with Gasteiger partial charge >= 0.3 is 0 Å². The summed E-state index contributed by atoms with van der Waals surface area (Å²) in [6.45, 7) is 0. The molecule has 0 N–H and O–H groups in total. The first kappa shape index (κ1) is 9.09. The average Bonchev–Trinajstić information content (AvgIpc) is 2.23. The summed E-state index contributed by atoms with van der Waals surface area (Å²) in [5, 5.41) is 0.0983. The van der Waals surface area contributed by atoms with Crippen LogP contribution in [0.15, 0.2) is 36.8 Å². The molecule has 0 saturated carbocycles. The Morgan fingerprint density at radius 1 is 1.21 bits per heavy atom. The van der Waals surface area contributed by atoms with Gasteiger partial charge in [-0.1, -0.05) is 11.6 Å². The Morgan fingerprint density at radius 2 is 2.07 bits per heavy atom. The van der Waals surface area contributed by atoms with E-state index in [1.54, 1.807) is 24.4 Å². The molecule has 0 aliphatic heterocycles. The maximum Gasteiger partial charge on any atom is 0.141 e. The molecule has 4 heteroatoms. The normalized spacial score (nSPS) is 10.1. The van der Waals surface area contributed by atoms with Crippen molar-refractivity contribution < 1.29 is 4.39 Å². The van der Waals surface area contributed by atoms with Gasteiger partial charge in [-0.3, -0.25) is 0 Å². The van der Waals surface area contributed by atoms with Gasteiger partial charge in [0.2, 0.25) is 0 Å². The Balaban J connectivity index is 2.48. The molecule has 0 radical (unpaired) electrons. The molecule has 1 heterocycles. The fourth-order valence-corrected chi connectivity index (χ4v) is 1.30. The molecule has 1 aromatic carbocycles. The van der Waals surface area contributed by atoms with Crippen LogP contribution in [-0.4, -0.2) is 9.97 Å². The summed E-state index contributed by atoms with van der Waals surface area (Å²) < 4.78 is 12.8. The quantitative estimate of drug-likeness (QED) is 0.720. The van der Waals surface area contributed by atoms with E-state index in [-0.39, 0.29) is 5.02 Å². The molecular formula is C10H6ClFN2. The highest BCUT2D eigenvalue weighted by atomic mass is 35.5. The molecule has 0 unspecified atom stereocenters. The number of benzene rings is 1. The van der Waals surface area contributed by atoms with Gasteiger partial charge < -0.3 is 0 Å². The van der Waals surface area contributed by atoms with E-state index >= 15 is 0 Å². The summed E-state index contributed by atoms with van der Waals surface area (Å²) in [5.74, 6) is -0.426. The first-order chi connectivity index (χ1) is 6.77. The topological polar surface area (TPSA) is 25.8 Å². The van der Waals surface area contributed by atoms with E-state index < -0.39 is 5.82 Å². The third-order valence-electron chi connectivity index (χ3n) is 1.80. The van der Waals surface area contributed by atoms with Crippen molar-refractivity contribution in [3.63, 3.8) is 0 Å². The number of aromatic nitrogens is 2. The van der Waals surface area contributed by atoms with Crippen molar-refractivity contribution in [2.24, 2.45) is 0 Å². The second-order valence-electron chi connectivity index (χ2n) is 2.72. The van der Waals surface area contributed by atoms with Crippen LogP contribution in [0.5, 0.6) is 0 Å². The molecule has 14 heavy (non-hydrogen) atoms. The lowest BCUT2D eigenvalue weighted by molar-refractivity contribution is 0.628. The van der Waals surface area contributed by atoms with E-state index in [4.69, 9.17) is 11.6 Å². The van der Waals surface area contributed by atoms with Gasteiger partial charge in [-0.05, 0) is 24.3 Å². The number of nitrogens with zero attached hydrogens (tertiary/aromatic N) is 2. The Bertz CT molecular complexity index is 445. The third kappa shape index (κ3) is 1.72. The molecule has 0 amide bonds. The molecule has 1 aromatic heterocycles. The maximum atomic E-state index is 12.8. The molecule has 2 aromatic rings. The van der Waals surface area contributed by atoms with Crippen LogP contribution in [0.3, 0.4) is 0 Å². The predicted octanol–water partition coefficient (Wildman–Crippen LogP) is 2.94. The number of hydrogen-bond acceptors (Lipinski definition) is 2. The van der Waals surface area contributed by atoms with E-state index in [0.717, 1.165) is 11.3 Å². The van der Waals surface area contributed by atoms with Crippen LogP contribution in [0.25, 0.3) is 11.3 Å². The van der Waals surface area contributed by atoms with E-state index in [9.17, 15) is 4.39 Å². The lowest BCUT2D eigenvalue weighted by Gasteiger charge is -2.00. The van der Waals surface area contributed by atoms with E-state index in [1.165, 1.54) is 12.4 Å². The molecule has 0 atom stereocenters. The van der Waals surface area contributed by atoms with Crippen molar-refractivity contribution in [1.29, 1.82) is 0 Å². The standard InChI is InChI=1S/C10H6ClFN2/c11-8-5-7(1-2-9(8)12)10-3-4-13-6-14-10/h1-6H. The Hall–Kier alpha value is -1.48. The van der Waals surface area contributed by atoms with Gasteiger partial charge in [-0.25, -0.2) is 14.4 Å². The second-order valence-corrected chi connectivity index (χ2v) is 3.13. The zero-order chi connectivity index (χ0) is 9.97. The van der Waals surface area contributed by atoms with E-state index in [0.29, 0.717) is 0 Å². The highest BCUT2D eigenvalue weighted by Gasteiger charge is 2.03. The molecule has 0 aliphatic carbocycles. The van der Waals surface area contributed by atoms with Gasteiger partial charge in [0, 0.05) is 11.8 Å². The Labute approximate surface area is 85.4 Å². The smallest absolute Gasteiger partial charge is 0.141 e. The van der Waals surface area contributed by atoms with Gasteiger partial charge in [-0.2, -0.15) is 0 Å². The minimum absolute atomic E-state index is 0.0983. The van der Waals surface area contributed by atoms with E-state index in [1.807, 2.05) is 0 Å². The molecule has 0 saturated heterocycles. The Morgan fingerprint density at radius 3 is 2.71 bits per heavy atom. The summed E-state index contributed by atoms with van der Waals surface area (Å²) in [6.07, 6.45) is 3.06. The summed E-state index contributed by atoms with van der Waals surface area (Å²) in [5.41, 5.74) is 1.50. The fourth-order valence-electron chi connectivity index (χ4n) is 1.12. The fraction of sp³-hybridized carbons (Fsp3) is 0. The molecule has 70 valence electrons. The van der Waals surface area contributed by atoms with Gasteiger partial charge in [-0.15, -0.1) is 0 Å². The van der Waals surface area contributed by atoms with Gasteiger partial charge in [0.15, 0.2) is 0 Å². The summed E-state index contributed by atoms with van der Waals surface area (Å²) in [7, 11) is 0. The largest absolute Gasteiger partial charge is 0.245 e. The molecule has 0 fully saturated rings. The third-order valence-corrected chi connectivity index (χ3v) is 2.09. The lowest BCUT2D eigenvalue weighted by atomic mass is 10.1. The van der Waals surface area contributed by atoms with Crippen molar-refractivity contribution in [2.75, 3.05) is 0 Å². The zero-order valence-electron chi connectivity index (χ0n) is 7.11. The highest BCUT2D eigenvalue weighted by molar-refractivity contribution is 6.31. The van der Waals surface area contributed by atoms with Crippen LogP contribution in [0.1, 0.15) is 0 Å². The predicted molar refractivity (Wildman–Crippen MR) is 52.4 cm³/mol. The van der Waals surface area contributed by atoms with Crippen LogP contribution in [-0.2, 0) is 0 Å². The van der Waals surface area contributed by atoms with Crippen molar-refractivity contribution in [2.45, 2.75) is 0 Å². The first-order valence-corrected chi connectivity index (χ1v) is 4.36. The lowest BCUT2D eigenvalue weighted by Crippen LogP contribution is -1.85. The molecule has 0 aliphatic rings. The number of hydrogen-bond donors (Lipinski definition) is 0. The summed E-state index contributed by atoms with van der Waals surface area (Å²) in [6, 6.07) is 6.23. The van der Waals surface area contributed by atoms with Crippen LogP contribution in [0, 0.1) is 5.82 Å². The van der Waals surface area contributed by atoms with E-state index in [2.05, 4.69) is 9.97 Å². The SMILES string of the molecule is Fc1ccc(-c2ccncn2)cc1Cl. The highest BCUT2D eigenvalue weighted by Crippen LogP contribution is 2.22. The molecule has 2 nitrogen and oxygen atoms in total. The van der Waals surface area contributed by atoms with Crippen molar-refractivity contribution in [3.8, 4) is 11.3 Å². The Kier molecular flexibility index (Phi) is 2.41. The van der Waals surface area contributed by atoms with Gasteiger partial charge in [0.05, 0.1) is 10.7 Å². The zero-order valence-corrected chi connectivity index (χ0v) is 7.87. The minimum Gasteiger partial charge on any atom is -0.245 e. The average molecular weight is 209 g/mol. The minimum atomic E-state index is -0.426. The number of halogens is 2. The van der Waals surface area contributed by atoms with Crippen molar-refractivity contribution in [3.05, 3.63) is 47.6 Å². The molecule has 2 rings (SSSR count). The first-order valence-electron chi connectivity index (χ1n) is 3.99. The summed E-state index contributed by atoms with van der Waals surface area (Å²) >= 11 is 5.65. The molecular weight excluding hydrogens is 203 g/mol. The van der Waals surface area contributed by atoms with Crippen LogP contribution in [0.4, 0.5) is 4.39 Å². The van der Waals surface area contributed by atoms with Crippen LogP contribution < -0.4 is 0 Å². The molecule has 0 spiro atoms. The van der Waals surface area contributed by atoms with Crippen LogP contribution >= 0.6 is 11.6 Å². The number of rotatable bonds is 1. The van der Waals surface area contributed by atoms with Gasteiger partial charge in [0.25, 0.3) is 0 Å². The van der Waals surface area contributed by atoms with Crippen LogP contribution in [0.2, 0.25) is 5.02 Å². The monoisotopic (exact) mass is 208 g/mol. The second kappa shape index (κ2) is 3.72. The van der Waals surface area contributed by atoms with Crippen molar-refractivity contribution in [1.82, 2.24) is 9.97 Å². The maximum absolute atomic E-state index is 12.8.